The number of carbonyl (C=O) groups excluding carboxylic acids is 1. The number of allylic oxidation sites excluding steroid dienone is 1. The van der Waals surface area contributed by atoms with Gasteiger partial charge in [0.05, 0.1) is 34.7 Å². The minimum absolute atomic E-state index is 0.0507. The summed E-state index contributed by atoms with van der Waals surface area (Å²) >= 11 is 0. The van der Waals surface area contributed by atoms with E-state index in [1.165, 1.54) is 31.3 Å². The molecule has 55 heavy (non-hydrogen) atoms. The smallest absolute Gasteiger partial charge is 0.335 e. The second kappa shape index (κ2) is 13.6. The summed E-state index contributed by atoms with van der Waals surface area (Å²) in [6.45, 7) is 21.0. The second-order valence-corrected chi connectivity index (χ2v) is 20.0. The van der Waals surface area contributed by atoms with Gasteiger partial charge in [-0.1, -0.05) is 71.0 Å². The third kappa shape index (κ3) is 5.94. The molecule has 296 valence electrons. The lowest BCUT2D eigenvalue weighted by Gasteiger charge is -2.72. The first-order chi connectivity index (χ1) is 26.0. The van der Waals surface area contributed by atoms with Crippen LogP contribution >= 0.6 is 0 Å². The van der Waals surface area contributed by atoms with E-state index in [9.17, 15) is 19.8 Å². The first kappa shape index (κ1) is 38.4. The maximum absolute atomic E-state index is 14.8. The summed E-state index contributed by atoms with van der Waals surface area (Å²) in [4.78, 5) is 34.0. The average molecular weight is 749 g/mol. The molecule has 8 rings (SSSR count). The zero-order chi connectivity index (χ0) is 39.1. The summed E-state index contributed by atoms with van der Waals surface area (Å²) in [6, 6.07) is 13.4. The number of aliphatic hydroxyl groups is 1. The Hall–Kier alpha value is -3.49. The van der Waals surface area contributed by atoms with Crippen molar-refractivity contribution in [2.45, 2.75) is 131 Å². The van der Waals surface area contributed by atoms with Gasteiger partial charge in [0.2, 0.25) is 5.91 Å². The number of aliphatic hydroxyl groups excluding tert-OH is 1. The molecule has 0 saturated heterocycles. The minimum Gasteiger partial charge on any atom is -0.478 e. The lowest BCUT2D eigenvalue weighted by atomic mass is 9.32. The Labute approximate surface area is 327 Å². The van der Waals surface area contributed by atoms with Gasteiger partial charge in [0, 0.05) is 13.1 Å². The fraction of sp³-hybridized carbons (Fsp3) is 0.638. The Kier molecular flexibility index (Phi) is 9.47. The molecule has 0 aliphatic heterocycles. The van der Waals surface area contributed by atoms with Crippen molar-refractivity contribution < 1.29 is 19.8 Å². The molecule has 3 aromatic rings. The monoisotopic (exact) mass is 748 g/mol. The van der Waals surface area contributed by atoms with Gasteiger partial charge in [-0.25, -0.2) is 9.78 Å². The van der Waals surface area contributed by atoms with E-state index in [2.05, 4.69) is 93.0 Å². The number of nitrogens with zero attached hydrogens (tertiary/aromatic N) is 1. The van der Waals surface area contributed by atoms with Gasteiger partial charge in [-0.15, -0.1) is 0 Å². The molecule has 5 aliphatic carbocycles. The van der Waals surface area contributed by atoms with E-state index in [0.717, 1.165) is 61.0 Å². The normalized spacial score (nSPS) is 37.7. The molecule has 4 unspecified atom stereocenters. The van der Waals surface area contributed by atoms with Crippen molar-refractivity contribution in [2.24, 2.45) is 56.7 Å². The Morgan fingerprint density at radius 1 is 0.855 bits per heavy atom. The Bertz CT molecular complexity index is 2000. The highest BCUT2D eigenvalue weighted by Gasteiger charge is 2.71. The van der Waals surface area contributed by atoms with Crippen LogP contribution in [0, 0.1) is 56.7 Å². The summed E-state index contributed by atoms with van der Waals surface area (Å²) in [7, 11) is 0. The predicted molar refractivity (Wildman–Crippen MR) is 217 cm³/mol. The van der Waals surface area contributed by atoms with Crippen LogP contribution < -0.4 is 10.6 Å². The highest BCUT2D eigenvalue weighted by atomic mass is 16.4. The van der Waals surface area contributed by atoms with Crippen LogP contribution in [0.2, 0.25) is 0 Å². The molecule has 1 aromatic heterocycles. The molecule has 0 bridgehead atoms. The number of aromatic carboxylic acids is 1. The van der Waals surface area contributed by atoms with E-state index in [1.807, 2.05) is 0 Å². The molecule has 5 fully saturated rings. The van der Waals surface area contributed by atoms with Gasteiger partial charge in [0.1, 0.15) is 5.82 Å². The topological polar surface area (TPSA) is 127 Å². The van der Waals surface area contributed by atoms with E-state index in [-0.39, 0.29) is 44.6 Å². The molecule has 0 spiro atoms. The van der Waals surface area contributed by atoms with Crippen molar-refractivity contribution in [3.05, 3.63) is 77.1 Å². The van der Waals surface area contributed by atoms with Crippen molar-refractivity contribution in [1.29, 1.82) is 0 Å². The number of carboxylic acid groups (broad SMARTS) is 1. The summed E-state index contributed by atoms with van der Waals surface area (Å²) < 4.78 is 0. The van der Waals surface area contributed by atoms with Gasteiger partial charge in [-0.05, 0) is 152 Å². The minimum atomic E-state index is -0.956. The molecular formula is C47H64N4O4. The number of aromatic nitrogens is 2. The zero-order valence-electron chi connectivity index (χ0n) is 34.1. The largest absolute Gasteiger partial charge is 0.478 e. The second-order valence-electron chi connectivity index (χ2n) is 20.0. The van der Waals surface area contributed by atoms with Gasteiger partial charge in [-0.3, -0.25) is 4.79 Å². The fourth-order valence-electron chi connectivity index (χ4n) is 14.3. The summed E-state index contributed by atoms with van der Waals surface area (Å²) in [5.74, 6) is 2.44. The number of H-pyrrole nitrogens is 1. The average Bonchev–Trinajstić information content (AvgIpc) is 3.75. The molecule has 5 saturated carbocycles. The number of carbonyl (C=O) groups is 2. The van der Waals surface area contributed by atoms with Gasteiger partial charge >= 0.3 is 5.97 Å². The van der Waals surface area contributed by atoms with Crippen LogP contribution in [0.3, 0.4) is 0 Å². The summed E-state index contributed by atoms with van der Waals surface area (Å²) in [6.07, 6.45) is 10.7. The first-order valence-corrected chi connectivity index (χ1v) is 21.2. The molecule has 1 heterocycles. The van der Waals surface area contributed by atoms with E-state index >= 15 is 0 Å². The van der Waals surface area contributed by atoms with Gasteiger partial charge in [0.15, 0.2) is 0 Å². The zero-order valence-corrected chi connectivity index (χ0v) is 34.1. The van der Waals surface area contributed by atoms with Crippen molar-refractivity contribution in [1.82, 2.24) is 20.6 Å². The van der Waals surface area contributed by atoms with Crippen molar-refractivity contribution in [3.63, 3.8) is 0 Å². The van der Waals surface area contributed by atoms with Gasteiger partial charge in [0.25, 0.3) is 0 Å². The Morgan fingerprint density at radius 3 is 2.36 bits per heavy atom. The quantitative estimate of drug-likeness (QED) is 0.139. The summed E-state index contributed by atoms with van der Waals surface area (Å²) in [5, 5.41) is 27.4. The number of benzene rings is 2. The maximum Gasteiger partial charge on any atom is 0.335 e. The molecule has 8 heteroatoms. The van der Waals surface area contributed by atoms with E-state index in [1.54, 1.807) is 18.2 Å². The third-order valence-electron chi connectivity index (χ3n) is 17.3. The molecule has 10 atom stereocenters. The number of aromatic amines is 1. The van der Waals surface area contributed by atoms with Crippen LogP contribution in [0.5, 0.6) is 0 Å². The van der Waals surface area contributed by atoms with Gasteiger partial charge < -0.3 is 25.8 Å². The van der Waals surface area contributed by atoms with E-state index in [0.29, 0.717) is 54.7 Å². The standard InChI is InChI=1S/C47H64N4O4/c1-28(2)32-15-20-47(22-21-45(6)33(40(32)47)12-14-37-44(5)18-17-38(52)43(3,4)36(44)16-19-46(37,45)7)42(55)49-26-30-10-8-9-29(23-30)25-48-27-39-50-34-13-11-31(41(53)54)24-35(34)51-39/h8-11,13,23-24,32-33,36-38,40,48,52H,1,12,14-22,25-27H2,2-7H3,(H,49,55)(H,50,51)(H,53,54)/t32-,33?,36?,37?,38-,40?,44-,45+,46+,47-/m0/s1. The Balaban J connectivity index is 0.962. The van der Waals surface area contributed by atoms with Gasteiger partial charge in [-0.2, -0.15) is 0 Å². The summed E-state index contributed by atoms with van der Waals surface area (Å²) in [5.41, 5.74) is 5.39. The van der Waals surface area contributed by atoms with Crippen molar-refractivity contribution in [2.75, 3.05) is 0 Å². The van der Waals surface area contributed by atoms with E-state index < -0.39 is 5.97 Å². The highest BCUT2D eigenvalue weighted by Crippen LogP contribution is 2.77. The lowest BCUT2D eigenvalue weighted by Crippen LogP contribution is -2.67. The molecule has 0 radical (unpaired) electrons. The SMILES string of the molecule is C=C(C)[C@@H]1CC[C@]2(C(=O)NCc3cccc(CNCc4nc5ccc(C(=O)O)cc5[nH]4)c3)CC[C@]3(C)C(CCC4[C@@]5(C)CC[C@H](O)C(C)(C)C5CC[C@]43C)C12. The van der Waals surface area contributed by atoms with Crippen molar-refractivity contribution >= 4 is 22.9 Å². The maximum atomic E-state index is 14.8. The number of imidazole rings is 1. The Morgan fingerprint density at radius 2 is 1.62 bits per heavy atom. The molecule has 5 N–H and O–H groups in total. The number of amides is 1. The lowest BCUT2D eigenvalue weighted by molar-refractivity contribution is -0.246. The number of nitrogens with one attached hydrogen (secondary N) is 3. The first-order valence-electron chi connectivity index (χ1n) is 21.2. The van der Waals surface area contributed by atoms with Crippen LogP contribution in [-0.2, 0) is 24.4 Å². The number of hydrogen-bond acceptors (Lipinski definition) is 5. The molecular weight excluding hydrogens is 685 g/mol. The highest BCUT2D eigenvalue weighted by molar-refractivity contribution is 5.92. The molecule has 5 aliphatic rings. The van der Waals surface area contributed by atoms with Crippen LogP contribution in [0.4, 0.5) is 0 Å². The number of rotatable bonds is 9. The van der Waals surface area contributed by atoms with Crippen LogP contribution in [0.15, 0.2) is 54.6 Å². The number of carboxylic acids is 1. The molecule has 8 nitrogen and oxygen atoms in total. The van der Waals surface area contributed by atoms with Crippen molar-refractivity contribution in [3.8, 4) is 0 Å². The number of fused-ring (bicyclic) bond motifs is 8. The fourth-order valence-corrected chi connectivity index (χ4v) is 14.3. The third-order valence-corrected chi connectivity index (χ3v) is 17.3. The number of hydrogen-bond donors (Lipinski definition) is 5. The molecule has 2 aromatic carbocycles. The van der Waals surface area contributed by atoms with Crippen LogP contribution in [0.25, 0.3) is 11.0 Å². The van der Waals surface area contributed by atoms with Crippen LogP contribution in [-0.4, -0.2) is 38.2 Å². The van der Waals surface area contributed by atoms with Crippen LogP contribution in [0.1, 0.15) is 133 Å². The molecule has 1 amide bonds. The predicted octanol–water partition coefficient (Wildman–Crippen LogP) is 9.19. The van der Waals surface area contributed by atoms with E-state index in [4.69, 9.17) is 0 Å².